The number of aromatic nitrogens is 3. The Hall–Kier alpha value is -3.78. The van der Waals surface area contributed by atoms with Crippen molar-refractivity contribution >= 4 is 17.2 Å². The van der Waals surface area contributed by atoms with E-state index in [0.29, 0.717) is 5.75 Å². The summed E-state index contributed by atoms with van der Waals surface area (Å²) in [4.78, 5) is 29.1. The molecule has 2 heterocycles. The number of carbonyl (C=O) groups is 1. The molecule has 31 heavy (non-hydrogen) atoms. The zero-order valence-corrected chi connectivity index (χ0v) is 17.4. The Morgan fingerprint density at radius 2 is 1.74 bits per heavy atom. The van der Waals surface area contributed by atoms with Gasteiger partial charge < -0.3 is 10.1 Å². The summed E-state index contributed by atoms with van der Waals surface area (Å²) >= 11 is 1.52. The molecule has 0 atom stereocenters. The number of nitrogens with one attached hydrogen (secondary N) is 1. The predicted octanol–water partition coefficient (Wildman–Crippen LogP) is 3.38. The number of thiazole rings is 1. The lowest BCUT2D eigenvalue weighted by atomic mass is 10.2. The van der Waals surface area contributed by atoms with E-state index < -0.39 is 0 Å². The zero-order valence-electron chi connectivity index (χ0n) is 16.6. The predicted molar refractivity (Wildman–Crippen MR) is 119 cm³/mol. The van der Waals surface area contributed by atoms with Gasteiger partial charge in [-0.15, -0.1) is 11.3 Å². The molecular weight excluding hydrogens is 412 g/mol. The molecule has 8 heteroatoms. The van der Waals surface area contributed by atoms with Crippen molar-refractivity contribution in [1.82, 2.24) is 20.1 Å². The summed E-state index contributed by atoms with van der Waals surface area (Å²) in [5, 5.41) is 9.78. The van der Waals surface area contributed by atoms with Gasteiger partial charge in [0.15, 0.2) is 0 Å². The van der Waals surface area contributed by atoms with E-state index in [9.17, 15) is 9.59 Å². The average molecular weight is 433 g/mol. The summed E-state index contributed by atoms with van der Waals surface area (Å²) in [6.07, 6.45) is 0. The van der Waals surface area contributed by atoms with Crippen molar-refractivity contribution in [2.45, 2.75) is 13.1 Å². The van der Waals surface area contributed by atoms with Gasteiger partial charge in [-0.3, -0.25) is 9.59 Å². The van der Waals surface area contributed by atoms with Crippen LogP contribution in [0.3, 0.4) is 0 Å². The monoisotopic (exact) mass is 432 g/mol. The summed E-state index contributed by atoms with van der Waals surface area (Å²) < 4.78 is 6.83. The van der Waals surface area contributed by atoms with E-state index in [2.05, 4.69) is 15.4 Å². The molecule has 0 unspecified atom stereocenters. The van der Waals surface area contributed by atoms with Crippen LogP contribution in [0.5, 0.6) is 5.75 Å². The molecule has 0 radical (unpaired) electrons. The molecule has 0 fully saturated rings. The van der Waals surface area contributed by atoms with Gasteiger partial charge in [0.05, 0.1) is 18.8 Å². The second kappa shape index (κ2) is 9.82. The molecule has 0 aliphatic carbocycles. The first-order chi connectivity index (χ1) is 15.2. The van der Waals surface area contributed by atoms with Gasteiger partial charge in [0.1, 0.15) is 23.1 Å². The molecule has 0 aliphatic rings. The number of amides is 1. The molecule has 156 valence electrons. The molecule has 0 saturated heterocycles. The highest BCUT2D eigenvalue weighted by molar-refractivity contribution is 7.13. The van der Waals surface area contributed by atoms with Gasteiger partial charge in [0.2, 0.25) is 0 Å². The van der Waals surface area contributed by atoms with Crippen LogP contribution in [-0.2, 0) is 13.1 Å². The van der Waals surface area contributed by atoms with E-state index in [1.54, 1.807) is 0 Å². The normalized spacial score (nSPS) is 10.6. The van der Waals surface area contributed by atoms with Gasteiger partial charge in [-0.1, -0.05) is 48.5 Å². The first-order valence-electron chi connectivity index (χ1n) is 9.73. The molecule has 4 aromatic rings. The Morgan fingerprint density at radius 3 is 2.52 bits per heavy atom. The second-order valence-corrected chi connectivity index (χ2v) is 7.49. The minimum atomic E-state index is -0.369. The van der Waals surface area contributed by atoms with Gasteiger partial charge in [-0.2, -0.15) is 5.10 Å². The third-order valence-corrected chi connectivity index (χ3v) is 5.36. The average Bonchev–Trinajstić information content (AvgIpc) is 3.29. The van der Waals surface area contributed by atoms with Crippen LogP contribution in [0.1, 0.15) is 16.2 Å². The van der Waals surface area contributed by atoms with Crippen LogP contribution in [0, 0.1) is 0 Å². The Morgan fingerprint density at radius 1 is 1.00 bits per heavy atom. The standard InChI is InChI=1S/C23H20N4O3S/c28-21-12-11-20(26-27(21)13-14-30-19-9-5-2-6-10-19)22(29)24-15-18-16-31-23(25-18)17-7-3-1-4-8-17/h1-12,16H,13-15H2,(H,24,29). The highest BCUT2D eigenvalue weighted by Gasteiger charge is 2.11. The Balaban J connectivity index is 1.35. The van der Waals surface area contributed by atoms with Crippen LogP contribution in [0.4, 0.5) is 0 Å². The zero-order chi connectivity index (χ0) is 21.5. The van der Waals surface area contributed by atoms with Crippen molar-refractivity contribution in [2.24, 2.45) is 0 Å². The summed E-state index contributed by atoms with van der Waals surface area (Å²) in [5.41, 5.74) is 1.68. The smallest absolute Gasteiger partial charge is 0.272 e. The Bertz CT molecular complexity index is 1210. The van der Waals surface area contributed by atoms with Crippen molar-refractivity contribution in [3.05, 3.63) is 99.9 Å². The first-order valence-corrected chi connectivity index (χ1v) is 10.6. The molecule has 2 aromatic heterocycles. The van der Waals surface area contributed by atoms with Crippen LogP contribution < -0.4 is 15.6 Å². The van der Waals surface area contributed by atoms with Crippen molar-refractivity contribution in [3.63, 3.8) is 0 Å². The fraction of sp³-hybridized carbons (Fsp3) is 0.130. The first kappa shape index (κ1) is 20.5. The molecule has 1 N–H and O–H groups in total. The number of carbonyl (C=O) groups excluding carboxylic acids is 1. The van der Waals surface area contributed by atoms with Gasteiger partial charge in [-0.25, -0.2) is 9.67 Å². The lowest BCUT2D eigenvalue weighted by Gasteiger charge is -2.09. The number of hydrogen-bond donors (Lipinski definition) is 1. The van der Waals surface area contributed by atoms with Crippen LogP contribution in [0.2, 0.25) is 0 Å². The van der Waals surface area contributed by atoms with Gasteiger partial charge in [-0.05, 0) is 18.2 Å². The Labute approximate surface area is 183 Å². The van der Waals surface area contributed by atoms with E-state index in [0.717, 1.165) is 16.3 Å². The van der Waals surface area contributed by atoms with Gasteiger partial charge >= 0.3 is 0 Å². The van der Waals surface area contributed by atoms with Crippen molar-refractivity contribution in [1.29, 1.82) is 0 Å². The number of para-hydroxylation sites is 1. The van der Waals surface area contributed by atoms with E-state index in [1.807, 2.05) is 66.0 Å². The molecule has 0 saturated carbocycles. The quantitative estimate of drug-likeness (QED) is 0.461. The van der Waals surface area contributed by atoms with Crippen LogP contribution in [-0.4, -0.2) is 27.3 Å². The minimum absolute atomic E-state index is 0.165. The van der Waals surface area contributed by atoms with Crippen LogP contribution in [0.15, 0.2) is 83.0 Å². The molecular formula is C23H20N4O3S. The highest BCUT2D eigenvalue weighted by Crippen LogP contribution is 2.23. The van der Waals surface area contributed by atoms with Gasteiger partial charge in [0.25, 0.3) is 11.5 Å². The van der Waals surface area contributed by atoms with E-state index in [-0.39, 0.29) is 36.9 Å². The summed E-state index contributed by atoms with van der Waals surface area (Å²) in [5.74, 6) is 0.342. The molecule has 7 nitrogen and oxygen atoms in total. The summed E-state index contributed by atoms with van der Waals surface area (Å²) in [6, 6.07) is 21.9. The topological polar surface area (TPSA) is 86.1 Å². The minimum Gasteiger partial charge on any atom is -0.492 e. The Kier molecular flexibility index (Phi) is 6.49. The number of rotatable bonds is 8. The van der Waals surface area contributed by atoms with Crippen molar-refractivity contribution in [3.8, 4) is 16.3 Å². The van der Waals surface area contributed by atoms with Crippen LogP contribution in [0.25, 0.3) is 10.6 Å². The molecule has 2 aromatic carbocycles. The van der Waals surface area contributed by atoms with E-state index in [1.165, 1.54) is 28.2 Å². The summed E-state index contributed by atoms with van der Waals surface area (Å²) in [6.45, 7) is 0.782. The molecule has 4 rings (SSSR count). The third kappa shape index (κ3) is 5.43. The maximum atomic E-state index is 12.5. The number of benzene rings is 2. The van der Waals surface area contributed by atoms with Gasteiger partial charge in [0, 0.05) is 17.0 Å². The lowest BCUT2D eigenvalue weighted by Crippen LogP contribution is -2.30. The van der Waals surface area contributed by atoms with E-state index in [4.69, 9.17) is 4.74 Å². The number of hydrogen-bond acceptors (Lipinski definition) is 6. The fourth-order valence-corrected chi connectivity index (χ4v) is 3.69. The molecule has 0 aliphatic heterocycles. The SMILES string of the molecule is O=C(NCc1csc(-c2ccccc2)n1)c1ccc(=O)n(CCOc2ccccc2)n1. The molecule has 0 spiro atoms. The van der Waals surface area contributed by atoms with Crippen LogP contribution >= 0.6 is 11.3 Å². The molecule has 1 amide bonds. The number of nitrogens with zero attached hydrogens (tertiary/aromatic N) is 3. The fourth-order valence-electron chi connectivity index (χ4n) is 2.86. The number of ether oxygens (including phenoxy) is 1. The largest absolute Gasteiger partial charge is 0.492 e. The molecule has 0 bridgehead atoms. The second-order valence-electron chi connectivity index (χ2n) is 6.63. The maximum absolute atomic E-state index is 12.5. The highest BCUT2D eigenvalue weighted by atomic mass is 32.1. The summed E-state index contributed by atoms with van der Waals surface area (Å²) in [7, 11) is 0. The van der Waals surface area contributed by atoms with Crippen molar-refractivity contribution in [2.75, 3.05) is 6.61 Å². The van der Waals surface area contributed by atoms with E-state index >= 15 is 0 Å². The maximum Gasteiger partial charge on any atom is 0.272 e. The third-order valence-electron chi connectivity index (χ3n) is 4.42. The van der Waals surface area contributed by atoms with Crippen molar-refractivity contribution < 1.29 is 9.53 Å². The lowest BCUT2D eigenvalue weighted by molar-refractivity contribution is 0.0942.